The van der Waals surface area contributed by atoms with Crippen LogP contribution in [0.25, 0.3) is 0 Å². The Labute approximate surface area is 127 Å². The largest absolute Gasteiger partial charge is 0.319 e. The summed E-state index contributed by atoms with van der Waals surface area (Å²) < 4.78 is 0. The molecule has 1 unspecified atom stereocenters. The zero-order chi connectivity index (χ0) is 15.0. The van der Waals surface area contributed by atoms with E-state index in [4.69, 9.17) is 10.7 Å². The normalized spacial score (nSPS) is 25.9. The van der Waals surface area contributed by atoms with Gasteiger partial charge in [0.05, 0.1) is 11.2 Å². The second kappa shape index (κ2) is 5.74. The van der Waals surface area contributed by atoms with Gasteiger partial charge in [0.2, 0.25) is 0 Å². The van der Waals surface area contributed by atoms with Gasteiger partial charge in [0, 0.05) is 23.4 Å². The Hall–Kier alpha value is -0.450. The molecule has 4 heteroatoms. The van der Waals surface area contributed by atoms with Gasteiger partial charge in [-0.15, -0.1) is 11.3 Å². The summed E-state index contributed by atoms with van der Waals surface area (Å²) in [7, 11) is 0. The van der Waals surface area contributed by atoms with Crippen LogP contribution in [0.15, 0.2) is 5.38 Å². The molecule has 0 aromatic carbocycles. The molecular weight excluding hydrogens is 266 g/mol. The predicted octanol–water partition coefficient (Wildman–Crippen LogP) is 3.49. The minimum atomic E-state index is -0.224. The first-order valence-corrected chi connectivity index (χ1v) is 8.60. The molecular formula is C16H29N3S. The fourth-order valence-corrected chi connectivity index (χ4v) is 3.97. The molecule has 0 aliphatic carbocycles. The van der Waals surface area contributed by atoms with Crippen LogP contribution in [0.1, 0.15) is 64.6 Å². The van der Waals surface area contributed by atoms with E-state index in [1.165, 1.54) is 12.1 Å². The molecule has 3 nitrogen and oxygen atoms in total. The van der Waals surface area contributed by atoms with Crippen LogP contribution in [0.5, 0.6) is 0 Å². The van der Waals surface area contributed by atoms with E-state index in [2.05, 4.69) is 44.9 Å². The van der Waals surface area contributed by atoms with Crippen LogP contribution < -0.4 is 5.73 Å². The van der Waals surface area contributed by atoms with Gasteiger partial charge in [-0.25, -0.2) is 4.98 Å². The van der Waals surface area contributed by atoms with Crippen LogP contribution >= 0.6 is 11.3 Å². The van der Waals surface area contributed by atoms with Gasteiger partial charge in [-0.2, -0.15) is 0 Å². The molecule has 0 spiro atoms. The van der Waals surface area contributed by atoms with Crippen molar-refractivity contribution in [2.24, 2.45) is 5.73 Å². The van der Waals surface area contributed by atoms with Crippen molar-refractivity contribution in [3.05, 3.63) is 16.1 Å². The molecule has 1 aliphatic heterocycles. The number of likely N-dealkylation sites (tertiary alicyclic amines) is 1. The lowest BCUT2D eigenvalue weighted by atomic mass is 9.91. The molecule has 0 saturated carbocycles. The first-order chi connectivity index (χ1) is 9.22. The van der Waals surface area contributed by atoms with E-state index in [1.54, 1.807) is 11.3 Å². The smallest absolute Gasteiger partial charge is 0.113 e. The van der Waals surface area contributed by atoms with E-state index in [9.17, 15) is 0 Å². The van der Waals surface area contributed by atoms with Gasteiger partial charge in [-0.05, 0) is 39.7 Å². The van der Waals surface area contributed by atoms with Crippen molar-refractivity contribution in [3.63, 3.8) is 0 Å². The maximum absolute atomic E-state index is 6.72. The summed E-state index contributed by atoms with van der Waals surface area (Å²) in [5.41, 5.74) is 7.78. The zero-order valence-corrected chi connectivity index (χ0v) is 14.4. The van der Waals surface area contributed by atoms with Crippen LogP contribution in [0, 0.1) is 0 Å². The molecule has 1 atom stereocenters. The van der Waals surface area contributed by atoms with E-state index in [1.807, 2.05) is 0 Å². The van der Waals surface area contributed by atoms with Gasteiger partial charge >= 0.3 is 0 Å². The van der Waals surface area contributed by atoms with E-state index in [0.717, 1.165) is 30.9 Å². The van der Waals surface area contributed by atoms with E-state index < -0.39 is 0 Å². The molecule has 20 heavy (non-hydrogen) atoms. The van der Waals surface area contributed by atoms with Crippen LogP contribution in [0.3, 0.4) is 0 Å². The quantitative estimate of drug-likeness (QED) is 0.908. The Balaban J connectivity index is 2.16. The summed E-state index contributed by atoms with van der Waals surface area (Å²) in [4.78, 5) is 7.40. The first kappa shape index (κ1) is 15.9. The van der Waals surface area contributed by atoms with Crippen LogP contribution in [0.2, 0.25) is 0 Å². The summed E-state index contributed by atoms with van der Waals surface area (Å²) in [6, 6.07) is 0.610. The number of aromatic nitrogens is 1. The molecule has 114 valence electrons. The van der Waals surface area contributed by atoms with Gasteiger partial charge in [-0.1, -0.05) is 20.8 Å². The van der Waals surface area contributed by atoms with Gasteiger partial charge < -0.3 is 10.6 Å². The summed E-state index contributed by atoms with van der Waals surface area (Å²) in [5.74, 6) is 0. The Morgan fingerprint density at radius 3 is 2.55 bits per heavy atom. The Kier molecular flexibility index (Phi) is 4.57. The summed E-state index contributed by atoms with van der Waals surface area (Å²) in [5, 5.41) is 3.32. The molecule has 2 N–H and O–H groups in total. The van der Waals surface area contributed by atoms with E-state index in [-0.39, 0.29) is 11.0 Å². The molecule has 0 amide bonds. The molecule has 1 fully saturated rings. The van der Waals surface area contributed by atoms with Crippen molar-refractivity contribution < 1.29 is 0 Å². The molecule has 1 saturated heterocycles. The van der Waals surface area contributed by atoms with Gasteiger partial charge in [-0.3, -0.25) is 0 Å². The van der Waals surface area contributed by atoms with Gasteiger partial charge in [0.15, 0.2) is 0 Å². The van der Waals surface area contributed by atoms with Crippen LogP contribution in [-0.4, -0.2) is 29.0 Å². The van der Waals surface area contributed by atoms with Crippen LogP contribution in [-0.2, 0) is 11.0 Å². The standard InChI is InChI=1S/C16H29N3S/c1-12(2)19-9-6-7-16(17,8-10-19)14-18-13(11-20-14)15(3,4)5/h11-12H,6-10,17H2,1-5H3. The minimum Gasteiger partial charge on any atom is -0.319 e. The van der Waals surface area contributed by atoms with Crippen LogP contribution in [0.4, 0.5) is 0 Å². The summed E-state index contributed by atoms with van der Waals surface area (Å²) >= 11 is 1.75. The summed E-state index contributed by atoms with van der Waals surface area (Å²) in [6.07, 6.45) is 3.23. The third-order valence-corrected chi connectivity index (χ3v) is 5.40. The van der Waals surface area contributed by atoms with Crippen molar-refractivity contribution >= 4 is 11.3 Å². The van der Waals surface area contributed by atoms with Crippen molar-refractivity contribution in [1.29, 1.82) is 0 Å². The molecule has 1 aliphatic rings. The average molecular weight is 295 g/mol. The number of rotatable bonds is 2. The van der Waals surface area contributed by atoms with Crippen molar-refractivity contribution in [3.8, 4) is 0 Å². The van der Waals surface area contributed by atoms with Gasteiger partial charge in [0.25, 0.3) is 0 Å². The zero-order valence-electron chi connectivity index (χ0n) is 13.6. The Morgan fingerprint density at radius 1 is 1.30 bits per heavy atom. The van der Waals surface area contributed by atoms with Crippen molar-refractivity contribution in [2.75, 3.05) is 13.1 Å². The average Bonchev–Trinajstić information content (AvgIpc) is 2.75. The Morgan fingerprint density at radius 2 is 2.00 bits per heavy atom. The highest BCUT2D eigenvalue weighted by Gasteiger charge is 2.34. The topological polar surface area (TPSA) is 42.1 Å². The lowest BCUT2D eigenvalue weighted by Gasteiger charge is -2.27. The molecule has 2 rings (SSSR count). The highest BCUT2D eigenvalue weighted by atomic mass is 32.1. The van der Waals surface area contributed by atoms with Crippen molar-refractivity contribution in [1.82, 2.24) is 9.88 Å². The fourth-order valence-electron chi connectivity index (χ4n) is 2.75. The second-order valence-corrected chi connectivity index (χ2v) is 8.29. The predicted molar refractivity (Wildman–Crippen MR) is 87.2 cm³/mol. The second-order valence-electron chi connectivity index (χ2n) is 7.43. The lowest BCUT2D eigenvalue weighted by molar-refractivity contribution is 0.225. The SMILES string of the molecule is CC(C)N1CCCC(N)(c2nc(C(C)(C)C)cs2)CC1. The first-order valence-electron chi connectivity index (χ1n) is 7.72. The van der Waals surface area contributed by atoms with E-state index >= 15 is 0 Å². The molecule has 0 bridgehead atoms. The van der Waals surface area contributed by atoms with Gasteiger partial charge in [0.1, 0.15) is 5.01 Å². The van der Waals surface area contributed by atoms with Crippen molar-refractivity contribution in [2.45, 2.75) is 70.9 Å². The number of nitrogens with zero attached hydrogens (tertiary/aromatic N) is 2. The lowest BCUT2D eigenvalue weighted by Crippen LogP contribution is -2.39. The fraction of sp³-hybridized carbons (Fsp3) is 0.812. The molecule has 2 heterocycles. The molecule has 1 aromatic rings. The number of hydrogen-bond acceptors (Lipinski definition) is 4. The number of hydrogen-bond donors (Lipinski definition) is 1. The summed E-state index contributed by atoms with van der Waals surface area (Å²) in [6.45, 7) is 13.4. The highest BCUT2D eigenvalue weighted by Crippen LogP contribution is 2.35. The monoisotopic (exact) mass is 295 g/mol. The minimum absolute atomic E-state index is 0.111. The maximum atomic E-state index is 6.72. The molecule has 0 radical (unpaired) electrons. The van der Waals surface area contributed by atoms with E-state index in [0.29, 0.717) is 6.04 Å². The molecule has 1 aromatic heterocycles. The number of nitrogens with two attached hydrogens (primary N) is 1. The third-order valence-electron chi connectivity index (χ3n) is 4.34. The Bertz CT molecular complexity index is 447. The maximum Gasteiger partial charge on any atom is 0.113 e. The number of thiazole rings is 1. The highest BCUT2D eigenvalue weighted by molar-refractivity contribution is 7.09. The third kappa shape index (κ3) is 3.41.